The summed E-state index contributed by atoms with van der Waals surface area (Å²) in [5, 5.41) is 22.2. The number of anilines is 1. The van der Waals surface area contributed by atoms with Gasteiger partial charge in [-0.05, 0) is 41.4 Å². The van der Waals surface area contributed by atoms with E-state index in [0.717, 1.165) is 23.0 Å². The smallest absolute Gasteiger partial charge is 0.433 e. The molecule has 4 aromatic rings. The molecule has 33 heavy (non-hydrogen) atoms. The second-order valence-electron chi connectivity index (χ2n) is 7.05. The third-order valence-corrected chi connectivity index (χ3v) is 4.56. The van der Waals surface area contributed by atoms with Gasteiger partial charge < -0.3 is 10.4 Å². The number of alkyl halides is 3. The van der Waals surface area contributed by atoms with E-state index < -0.39 is 17.9 Å². The van der Waals surface area contributed by atoms with Crippen LogP contribution in [0.5, 0.6) is 0 Å². The molecule has 170 valence electrons. The molecule has 0 radical (unpaired) electrons. The van der Waals surface area contributed by atoms with Crippen LogP contribution in [0.15, 0.2) is 58.6 Å². The van der Waals surface area contributed by atoms with Crippen LogP contribution in [0.3, 0.4) is 0 Å². The molecule has 0 atom stereocenters. The van der Waals surface area contributed by atoms with Gasteiger partial charge in [-0.25, -0.2) is 4.99 Å². The average Bonchev–Trinajstić information content (AvgIpc) is 3.33. The molecule has 0 aromatic carbocycles. The Morgan fingerprint density at radius 1 is 1.24 bits per heavy atom. The molecule has 0 unspecified atom stereocenters. The summed E-state index contributed by atoms with van der Waals surface area (Å²) >= 11 is 0. The number of nitrogens with one attached hydrogen (secondary N) is 1. The zero-order valence-electron chi connectivity index (χ0n) is 17.4. The van der Waals surface area contributed by atoms with E-state index in [1.807, 2.05) is 26.1 Å². The van der Waals surface area contributed by atoms with Gasteiger partial charge in [0.1, 0.15) is 11.4 Å². The minimum atomic E-state index is -4.63. The number of halogens is 3. The van der Waals surface area contributed by atoms with E-state index in [4.69, 9.17) is 4.52 Å². The number of aromatic nitrogens is 6. The van der Waals surface area contributed by atoms with Crippen LogP contribution >= 0.6 is 0 Å². The van der Waals surface area contributed by atoms with E-state index >= 15 is 0 Å². The number of hydrogen-bond acceptors (Lipinski definition) is 7. The lowest BCUT2D eigenvalue weighted by atomic mass is 10.1. The molecule has 0 saturated carbocycles. The van der Waals surface area contributed by atoms with Crippen LogP contribution in [0, 0.1) is 6.92 Å². The van der Waals surface area contributed by atoms with Crippen LogP contribution in [0.2, 0.25) is 0 Å². The summed E-state index contributed by atoms with van der Waals surface area (Å²) in [6.45, 7) is 2.22. The fraction of sp³-hybridized carbons (Fsp3) is 0.200. The Bertz CT molecular complexity index is 1280. The highest BCUT2D eigenvalue weighted by Gasteiger charge is 2.32. The van der Waals surface area contributed by atoms with Crippen molar-refractivity contribution >= 4 is 17.6 Å². The summed E-state index contributed by atoms with van der Waals surface area (Å²) < 4.78 is 46.3. The van der Waals surface area contributed by atoms with E-state index in [-0.39, 0.29) is 18.1 Å². The number of aliphatic imine (C=N–C) groups is 1. The van der Waals surface area contributed by atoms with Crippen molar-refractivity contribution in [3.8, 4) is 11.3 Å². The number of nitrogens with zero attached hydrogens (tertiary/aromatic N) is 7. The summed E-state index contributed by atoms with van der Waals surface area (Å²) in [7, 11) is 1.85. The van der Waals surface area contributed by atoms with Crippen molar-refractivity contribution in [3.05, 3.63) is 66.0 Å². The minimum absolute atomic E-state index is 0.105. The van der Waals surface area contributed by atoms with Gasteiger partial charge in [0.25, 0.3) is 6.20 Å². The Labute approximate surface area is 185 Å². The summed E-state index contributed by atoms with van der Waals surface area (Å²) in [5.74, 6) is -0.125. The molecular formula is C20H17F3N8O2. The van der Waals surface area contributed by atoms with Crippen molar-refractivity contribution in [3.63, 3.8) is 0 Å². The van der Waals surface area contributed by atoms with E-state index in [0.29, 0.717) is 11.8 Å². The van der Waals surface area contributed by atoms with Gasteiger partial charge in [0.2, 0.25) is 11.8 Å². The number of aryl methyl sites for hydroxylation is 2. The lowest BCUT2D eigenvalue weighted by Crippen LogP contribution is -2.35. The molecule has 0 spiro atoms. The van der Waals surface area contributed by atoms with Crippen LogP contribution in [-0.2, 0) is 19.8 Å². The summed E-state index contributed by atoms with van der Waals surface area (Å²) in [4.78, 5) is 11.3. The molecule has 4 heterocycles. The van der Waals surface area contributed by atoms with Gasteiger partial charge in [0, 0.05) is 30.7 Å². The Morgan fingerprint density at radius 3 is 2.73 bits per heavy atom. The summed E-state index contributed by atoms with van der Waals surface area (Å²) in [5.41, 5.74) is 2.36. The van der Waals surface area contributed by atoms with Crippen molar-refractivity contribution in [1.82, 2.24) is 25.0 Å². The maximum Gasteiger partial charge on any atom is 0.433 e. The Balaban J connectivity index is 1.42. The molecule has 0 aliphatic rings. The predicted octanol–water partition coefficient (Wildman–Crippen LogP) is 1.99. The molecule has 0 fully saturated rings. The average molecular weight is 458 g/mol. The lowest BCUT2D eigenvalue weighted by Gasteiger charge is -2.13. The highest BCUT2D eigenvalue weighted by atomic mass is 19.4. The number of rotatable bonds is 5. The molecule has 0 bridgehead atoms. The lowest BCUT2D eigenvalue weighted by molar-refractivity contribution is -0.755. The molecule has 1 N–H and O–H groups in total. The zero-order valence-corrected chi connectivity index (χ0v) is 17.4. The quantitative estimate of drug-likeness (QED) is 0.276. The van der Waals surface area contributed by atoms with Gasteiger partial charge in [-0.3, -0.25) is 19.2 Å². The first-order valence-electron chi connectivity index (χ1n) is 9.55. The van der Waals surface area contributed by atoms with E-state index in [1.54, 1.807) is 17.1 Å². The van der Waals surface area contributed by atoms with Crippen molar-refractivity contribution < 1.29 is 27.5 Å². The van der Waals surface area contributed by atoms with Crippen molar-refractivity contribution in [2.24, 2.45) is 12.0 Å². The van der Waals surface area contributed by atoms with E-state index in [2.05, 4.69) is 30.6 Å². The minimum Gasteiger partial charge on any atom is -0.846 e. The second kappa shape index (κ2) is 8.68. The van der Waals surface area contributed by atoms with Crippen LogP contribution < -0.4 is 15.1 Å². The first-order valence-corrected chi connectivity index (χ1v) is 9.55. The fourth-order valence-electron chi connectivity index (χ4n) is 3.09. The largest absolute Gasteiger partial charge is 0.846 e. The van der Waals surface area contributed by atoms with Crippen molar-refractivity contribution in [2.45, 2.75) is 19.6 Å². The molecule has 13 heteroatoms. The molecule has 4 rings (SSSR count). The topological polar surface area (TPSA) is 121 Å². The Hall–Kier alpha value is -4.29. The van der Waals surface area contributed by atoms with Gasteiger partial charge in [0.15, 0.2) is 0 Å². The molecule has 10 nitrogen and oxygen atoms in total. The highest BCUT2D eigenvalue weighted by molar-refractivity contribution is 5.86. The van der Waals surface area contributed by atoms with Crippen LogP contribution in [0.1, 0.15) is 17.0 Å². The van der Waals surface area contributed by atoms with Crippen LogP contribution in [0.25, 0.3) is 11.3 Å². The molecule has 0 aliphatic heterocycles. The fourth-order valence-corrected chi connectivity index (χ4v) is 3.09. The maximum absolute atomic E-state index is 12.7. The van der Waals surface area contributed by atoms with E-state index in [9.17, 15) is 18.3 Å². The second-order valence-corrected chi connectivity index (χ2v) is 7.05. The third kappa shape index (κ3) is 5.14. The van der Waals surface area contributed by atoms with Gasteiger partial charge in [-0.1, -0.05) is 0 Å². The van der Waals surface area contributed by atoms with Gasteiger partial charge in [-0.2, -0.15) is 18.3 Å². The Kier molecular flexibility index (Phi) is 5.77. The molecular weight excluding hydrogens is 441 g/mol. The van der Waals surface area contributed by atoms with Crippen molar-refractivity contribution in [2.75, 3.05) is 5.32 Å². The maximum atomic E-state index is 12.7. The third-order valence-electron chi connectivity index (χ3n) is 4.56. The standard InChI is InChI=1S/C20H17F3N8O2/c1-12-8-26-30(2)18(12)13-3-4-15(25-9-13)10-31-11-17(33-29-31)28-19(32)27-14-5-6-24-16(7-14)20(21,22)23/h3-9,11H,10H2,1-2H3,(H-,24,27,28,29,32). The number of pyridine rings is 2. The SMILES string of the molecule is Cc1cnn(C)c1-c1ccc(C[n+]2cc(N=C([O-])Nc3ccnc(C(F)(F)F)c3)on2)nc1. The monoisotopic (exact) mass is 458 g/mol. The number of amidine groups is 1. The Morgan fingerprint density at radius 2 is 2.06 bits per heavy atom. The highest BCUT2D eigenvalue weighted by Crippen LogP contribution is 2.28. The van der Waals surface area contributed by atoms with Crippen LogP contribution in [0.4, 0.5) is 24.7 Å². The van der Waals surface area contributed by atoms with Gasteiger partial charge >= 0.3 is 12.1 Å². The zero-order chi connectivity index (χ0) is 23.6. The molecule has 4 aromatic heterocycles. The first kappa shape index (κ1) is 21.9. The molecule has 0 aliphatic carbocycles. The predicted molar refractivity (Wildman–Crippen MR) is 107 cm³/mol. The van der Waals surface area contributed by atoms with Gasteiger partial charge in [-0.15, -0.1) is 0 Å². The molecule has 0 saturated heterocycles. The summed E-state index contributed by atoms with van der Waals surface area (Å²) in [6.07, 6.45) is 1.18. The molecule has 0 amide bonds. The van der Waals surface area contributed by atoms with Crippen LogP contribution in [-0.4, -0.2) is 31.0 Å². The normalized spacial score (nSPS) is 12.2. The number of hydrogen-bond donors (Lipinski definition) is 1. The van der Waals surface area contributed by atoms with E-state index in [1.165, 1.54) is 16.9 Å². The first-order chi connectivity index (χ1) is 15.7. The van der Waals surface area contributed by atoms with Gasteiger partial charge in [0.05, 0.1) is 17.9 Å². The summed E-state index contributed by atoms with van der Waals surface area (Å²) in [6, 6.07) is 4.73. The van der Waals surface area contributed by atoms with Crippen molar-refractivity contribution in [1.29, 1.82) is 0 Å².